The van der Waals surface area contributed by atoms with Crippen molar-refractivity contribution < 1.29 is 14.3 Å². The van der Waals surface area contributed by atoms with Crippen LogP contribution in [0, 0.1) is 16.7 Å². The van der Waals surface area contributed by atoms with Gasteiger partial charge in [-0.25, -0.2) is 4.79 Å². The van der Waals surface area contributed by atoms with Crippen molar-refractivity contribution in [3.8, 4) is 0 Å². The fraction of sp³-hybridized carbons (Fsp3) is 0.655. The fourth-order valence-electron chi connectivity index (χ4n) is 6.91. The Morgan fingerprint density at radius 3 is 2.47 bits per heavy atom. The second kappa shape index (κ2) is 10.8. The maximum absolute atomic E-state index is 13.9. The molecule has 0 spiro atoms. The summed E-state index contributed by atoms with van der Waals surface area (Å²) in [4.78, 5) is 45.4. The largest absolute Gasteiger partial charge is 0.366 e. The minimum atomic E-state index is -0.707. The average molecular weight is 526 g/mol. The average Bonchev–Trinajstić information content (AvgIpc) is 3.13. The molecule has 2 fully saturated rings. The number of carbonyl (C=O) groups is 2. The number of Topliss-reactive ketones (excluding diaryl/α,β-unsaturated/α-hetero) is 1. The lowest BCUT2D eigenvalue weighted by atomic mass is 9.60. The van der Waals surface area contributed by atoms with E-state index < -0.39 is 23.9 Å². The second-order valence-electron chi connectivity index (χ2n) is 13.1. The van der Waals surface area contributed by atoms with Crippen molar-refractivity contribution in [3.63, 3.8) is 0 Å². The molecule has 1 amide bonds. The van der Waals surface area contributed by atoms with Crippen LogP contribution in [0.25, 0.3) is 10.9 Å². The molecule has 0 radical (unpaired) electrons. The Labute approximate surface area is 225 Å². The number of nitrogens with one attached hydrogen (secondary N) is 2. The van der Waals surface area contributed by atoms with Gasteiger partial charge in [0.15, 0.2) is 5.78 Å². The lowest BCUT2D eigenvalue weighted by Crippen LogP contribution is -2.53. The number of nitrogens with zero attached hydrogens (tertiary/aromatic N) is 3. The van der Waals surface area contributed by atoms with Crippen molar-refractivity contribution in [2.75, 3.05) is 32.6 Å². The van der Waals surface area contributed by atoms with Gasteiger partial charge in [0.1, 0.15) is 24.5 Å². The maximum atomic E-state index is 13.9. The summed E-state index contributed by atoms with van der Waals surface area (Å²) in [6.07, 6.45) is 3.30. The zero-order valence-corrected chi connectivity index (χ0v) is 23.8. The molecule has 2 aliphatic rings. The monoisotopic (exact) mass is 525 g/mol. The molecule has 208 valence electrons. The summed E-state index contributed by atoms with van der Waals surface area (Å²) in [7, 11) is 5.51. The zero-order valence-electron chi connectivity index (χ0n) is 23.8. The molecule has 1 aromatic carbocycles. The predicted octanol–water partition coefficient (Wildman–Crippen LogP) is 2.97. The number of para-hydroxylation sites is 1. The molecule has 38 heavy (non-hydrogen) atoms. The lowest BCUT2D eigenvalue weighted by Gasteiger charge is -2.45. The Hall–Kier alpha value is -2.78. The van der Waals surface area contributed by atoms with Crippen molar-refractivity contribution in [2.45, 2.75) is 71.6 Å². The minimum Gasteiger partial charge on any atom is -0.366 e. The van der Waals surface area contributed by atoms with Gasteiger partial charge >= 0.3 is 5.69 Å². The summed E-state index contributed by atoms with van der Waals surface area (Å²) in [5.74, 6) is 0.284. The van der Waals surface area contributed by atoms with Crippen LogP contribution in [0.15, 0.2) is 29.1 Å². The number of aromatic nitrogens is 2. The topological polar surface area (TPSA) is 106 Å². The number of ether oxygens (including phenoxy) is 1. The molecule has 1 aromatic heterocycles. The van der Waals surface area contributed by atoms with Crippen molar-refractivity contribution in [2.24, 2.45) is 23.8 Å². The third-order valence-electron chi connectivity index (χ3n) is 7.85. The second-order valence-corrected chi connectivity index (χ2v) is 13.1. The third-order valence-corrected chi connectivity index (χ3v) is 7.85. The predicted molar refractivity (Wildman–Crippen MR) is 149 cm³/mol. The summed E-state index contributed by atoms with van der Waals surface area (Å²) in [6, 6.07) is 6.15. The summed E-state index contributed by atoms with van der Waals surface area (Å²) in [5, 5.41) is 7.10. The van der Waals surface area contributed by atoms with E-state index >= 15 is 0 Å². The van der Waals surface area contributed by atoms with E-state index in [2.05, 4.69) is 43.3 Å². The molecule has 3 atom stereocenters. The van der Waals surface area contributed by atoms with Gasteiger partial charge in [-0.1, -0.05) is 39.8 Å². The number of anilines is 1. The first-order valence-corrected chi connectivity index (χ1v) is 13.6. The smallest absolute Gasteiger partial charge is 0.349 e. The zero-order chi connectivity index (χ0) is 27.8. The van der Waals surface area contributed by atoms with Crippen LogP contribution in [0.2, 0.25) is 0 Å². The maximum Gasteiger partial charge on any atom is 0.349 e. The molecule has 1 aliphatic carbocycles. The van der Waals surface area contributed by atoms with Crippen LogP contribution < -0.4 is 16.3 Å². The molecule has 2 N–H and O–H groups in total. The first kappa shape index (κ1) is 28.2. The van der Waals surface area contributed by atoms with Gasteiger partial charge in [-0.15, -0.1) is 0 Å². The van der Waals surface area contributed by atoms with Gasteiger partial charge in [0, 0.05) is 19.0 Å². The molecule has 1 saturated carbocycles. The number of hydrogen-bond acceptors (Lipinski definition) is 7. The molecule has 1 aliphatic heterocycles. The Morgan fingerprint density at radius 2 is 1.82 bits per heavy atom. The van der Waals surface area contributed by atoms with Gasteiger partial charge < -0.3 is 20.3 Å². The fourth-order valence-corrected chi connectivity index (χ4v) is 6.91. The number of fused-ring (bicyclic) bond motifs is 1. The van der Waals surface area contributed by atoms with Gasteiger partial charge in [-0.3, -0.25) is 14.2 Å². The normalized spacial score (nSPS) is 24.1. The van der Waals surface area contributed by atoms with Crippen molar-refractivity contribution in [1.29, 1.82) is 0 Å². The number of ketones is 1. The van der Waals surface area contributed by atoms with Crippen LogP contribution in [-0.4, -0.2) is 71.6 Å². The minimum absolute atomic E-state index is 0.00648. The number of amides is 1. The number of aryl methyl sites for hydroxylation is 1. The SMILES string of the molecule is CN(C)CC1OCC(=O)C1NC(=O)C(CC1CC(C)(C)CC(C)(C)C1)Nc1nc(=O)n(C)c2ccccc12. The number of carbonyl (C=O) groups excluding carboxylic acids is 2. The van der Waals surface area contributed by atoms with Gasteiger partial charge in [0.05, 0.1) is 11.6 Å². The molecule has 0 bridgehead atoms. The van der Waals surface area contributed by atoms with Crippen LogP contribution in [0.1, 0.15) is 53.4 Å². The van der Waals surface area contributed by atoms with Gasteiger partial charge in [0.2, 0.25) is 5.91 Å². The van der Waals surface area contributed by atoms with Crippen molar-refractivity contribution in [1.82, 2.24) is 19.8 Å². The standard InChI is InChI=1S/C29H43N5O4/c1-28(2)13-18(14-29(3,4)17-28)12-20(26(36)31-24-22(35)16-38-23(24)15-33(5)6)30-25-19-10-8-9-11-21(19)34(7)27(37)32-25/h8-11,18,20,23-24H,12-17H2,1-7H3,(H,31,36)(H,30,32,37). The van der Waals surface area contributed by atoms with E-state index in [-0.39, 0.29) is 29.1 Å². The molecule has 1 saturated heterocycles. The number of likely N-dealkylation sites (N-methyl/N-ethyl adjacent to an activating group) is 1. The van der Waals surface area contributed by atoms with Crippen LogP contribution in [0.3, 0.4) is 0 Å². The van der Waals surface area contributed by atoms with Gasteiger partial charge in [-0.2, -0.15) is 4.98 Å². The number of benzene rings is 1. The molecule has 3 unspecified atom stereocenters. The van der Waals surface area contributed by atoms with E-state index in [4.69, 9.17) is 4.74 Å². The molecule has 4 rings (SSSR count). The highest BCUT2D eigenvalue weighted by Gasteiger charge is 2.42. The first-order chi connectivity index (χ1) is 17.7. The quantitative estimate of drug-likeness (QED) is 0.546. The van der Waals surface area contributed by atoms with Crippen molar-refractivity contribution in [3.05, 3.63) is 34.7 Å². The number of hydrogen-bond donors (Lipinski definition) is 2. The summed E-state index contributed by atoms with van der Waals surface area (Å²) in [6.45, 7) is 9.69. The van der Waals surface area contributed by atoms with Crippen LogP contribution in [-0.2, 0) is 21.4 Å². The van der Waals surface area contributed by atoms with Gasteiger partial charge in [-0.05, 0) is 68.7 Å². The van der Waals surface area contributed by atoms with Crippen molar-refractivity contribution >= 4 is 28.4 Å². The van der Waals surface area contributed by atoms with E-state index in [0.29, 0.717) is 24.7 Å². The lowest BCUT2D eigenvalue weighted by molar-refractivity contribution is -0.127. The molecule has 2 heterocycles. The molecule has 2 aromatic rings. The Morgan fingerprint density at radius 1 is 1.16 bits per heavy atom. The highest BCUT2D eigenvalue weighted by atomic mass is 16.5. The molecule has 9 nitrogen and oxygen atoms in total. The summed E-state index contributed by atoms with van der Waals surface area (Å²) >= 11 is 0. The molecular formula is C29H43N5O4. The number of rotatable bonds is 8. The Balaban J connectivity index is 1.65. The van der Waals surface area contributed by atoms with Gasteiger partial charge in [0.25, 0.3) is 0 Å². The van der Waals surface area contributed by atoms with Crippen LogP contribution >= 0.6 is 0 Å². The van der Waals surface area contributed by atoms with Crippen LogP contribution in [0.5, 0.6) is 0 Å². The van der Waals surface area contributed by atoms with E-state index in [1.54, 1.807) is 7.05 Å². The van der Waals surface area contributed by atoms with E-state index in [1.165, 1.54) is 4.57 Å². The Kier molecular flexibility index (Phi) is 8.00. The summed E-state index contributed by atoms with van der Waals surface area (Å²) in [5.41, 5.74) is 0.663. The summed E-state index contributed by atoms with van der Waals surface area (Å²) < 4.78 is 7.20. The highest BCUT2D eigenvalue weighted by Crippen LogP contribution is 2.49. The van der Waals surface area contributed by atoms with E-state index in [1.807, 2.05) is 43.3 Å². The van der Waals surface area contributed by atoms with E-state index in [0.717, 1.165) is 30.2 Å². The first-order valence-electron chi connectivity index (χ1n) is 13.6. The van der Waals surface area contributed by atoms with Crippen LogP contribution in [0.4, 0.5) is 5.82 Å². The third kappa shape index (κ3) is 6.43. The Bertz CT molecular complexity index is 1240. The molecular weight excluding hydrogens is 482 g/mol. The molecule has 9 heteroatoms. The highest BCUT2D eigenvalue weighted by molar-refractivity contribution is 5.95. The van der Waals surface area contributed by atoms with E-state index in [9.17, 15) is 14.4 Å².